The van der Waals surface area contributed by atoms with Gasteiger partial charge in [-0.15, -0.1) is 22.7 Å². The fraction of sp³-hybridized carbons (Fsp3) is 0.355. The molecular weight excluding hydrogens is 813 g/mol. The Hall–Kier alpha value is -3.61. The quantitative estimate of drug-likeness (QED) is 0.101. The zero-order valence-corrected chi connectivity index (χ0v) is 32.9. The van der Waals surface area contributed by atoms with E-state index in [0.29, 0.717) is 22.6 Å². The minimum absolute atomic E-state index is 0.0124. The van der Waals surface area contributed by atoms with Gasteiger partial charge in [-0.3, -0.25) is 42.6 Å². The molecule has 2 aliphatic rings. The van der Waals surface area contributed by atoms with Gasteiger partial charge < -0.3 is 25.0 Å². The van der Waals surface area contributed by atoms with E-state index in [1.54, 1.807) is 19.1 Å². The van der Waals surface area contributed by atoms with E-state index in [9.17, 15) is 47.7 Å². The number of amides is 1. The number of hydrogen-bond acceptors (Lipinski definition) is 15. The highest BCUT2D eigenvalue weighted by atomic mass is 32.2. The summed E-state index contributed by atoms with van der Waals surface area (Å²) in [4.78, 5) is 68.6. The van der Waals surface area contributed by atoms with Crippen LogP contribution in [0.5, 0.6) is 0 Å². The van der Waals surface area contributed by atoms with Crippen LogP contribution in [0.25, 0.3) is 10.5 Å². The fourth-order valence-electron chi connectivity index (χ4n) is 5.29. The largest absolute Gasteiger partial charge is 0.480 e. The number of benzene rings is 1. The maximum absolute atomic E-state index is 14.0. The summed E-state index contributed by atoms with van der Waals surface area (Å²) in [7, 11) is -2.68. The van der Waals surface area contributed by atoms with Crippen LogP contribution in [-0.4, -0.2) is 97.0 Å². The number of aromatic nitrogens is 2. The Labute approximate surface area is 322 Å². The summed E-state index contributed by atoms with van der Waals surface area (Å²) in [6.07, 6.45) is 2.16. The number of allylic oxidation sites excluding steroid dienone is 1. The van der Waals surface area contributed by atoms with Gasteiger partial charge >= 0.3 is 11.9 Å². The van der Waals surface area contributed by atoms with Crippen LogP contribution in [0, 0.1) is 9.20 Å². The molecule has 0 saturated carbocycles. The number of carboxylic acids is 2. The molecule has 284 valence electrons. The van der Waals surface area contributed by atoms with E-state index < -0.39 is 57.9 Å². The predicted molar refractivity (Wildman–Crippen MR) is 205 cm³/mol. The van der Waals surface area contributed by atoms with Crippen LogP contribution in [-0.2, 0) is 48.9 Å². The minimum Gasteiger partial charge on any atom is -0.480 e. The van der Waals surface area contributed by atoms with Gasteiger partial charge in [-0.1, -0.05) is 48.7 Å². The van der Waals surface area contributed by atoms with Gasteiger partial charge in [0.05, 0.1) is 34.2 Å². The highest BCUT2D eigenvalue weighted by Crippen LogP contribution is 2.46. The first-order valence-electron chi connectivity index (χ1n) is 15.6. The lowest BCUT2D eigenvalue weighted by Gasteiger charge is -2.21. The van der Waals surface area contributed by atoms with Crippen LogP contribution in [0.3, 0.4) is 0 Å². The zero-order chi connectivity index (χ0) is 38.8. The number of carbonyl (C=O) groups is 3. The number of rotatable bonds is 14. The van der Waals surface area contributed by atoms with Crippen molar-refractivity contribution in [3.05, 3.63) is 74.0 Å². The number of hydrogen-bond donors (Lipinski definition) is 4. The predicted octanol–water partition coefficient (Wildman–Crippen LogP) is 0.989. The summed E-state index contributed by atoms with van der Waals surface area (Å²) in [6, 6.07) is 5.42. The molecule has 1 aromatic carbocycles. The summed E-state index contributed by atoms with van der Waals surface area (Å²) in [6.45, 7) is 0.515. The van der Waals surface area contributed by atoms with Crippen LogP contribution in [0.15, 0.2) is 43.8 Å². The Morgan fingerprint density at radius 1 is 0.981 bits per heavy atom. The summed E-state index contributed by atoms with van der Waals surface area (Å²) in [5.41, 5.74) is 0.412. The molecule has 0 spiro atoms. The van der Waals surface area contributed by atoms with Gasteiger partial charge in [-0.05, 0) is 42.2 Å². The molecule has 5 rings (SSSR count). The van der Waals surface area contributed by atoms with Gasteiger partial charge in [0.25, 0.3) is 27.1 Å². The Bertz CT molecular complexity index is 2500. The maximum atomic E-state index is 14.0. The zero-order valence-electron chi connectivity index (χ0n) is 28.0. The molecule has 1 fully saturated rings. The van der Waals surface area contributed by atoms with Gasteiger partial charge in [0, 0.05) is 25.1 Å². The fourth-order valence-corrected chi connectivity index (χ4v) is 10.7. The van der Waals surface area contributed by atoms with E-state index in [1.807, 2.05) is 17.0 Å². The third-order valence-corrected chi connectivity index (χ3v) is 14.0. The van der Waals surface area contributed by atoms with E-state index in [0.717, 1.165) is 54.2 Å². The van der Waals surface area contributed by atoms with E-state index in [-0.39, 0.29) is 60.4 Å². The first-order valence-corrected chi connectivity index (χ1v) is 20.9. The number of aliphatic hydroxyl groups excluding tert-OH is 1. The summed E-state index contributed by atoms with van der Waals surface area (Å²) < 4.78 is 38.8. The number of aliphatic carboxylic acids is 2. The average Bonchev–Trinajstić information content (AvgIpc) is 3.78. The third-order valence-electron chi connectivity index (χ3n) is 7.80. The number of aliphatic hydroxyl groups is 1. The molecular formula is C31H32N4O12S6. The molecule has 4 heterocycles. The van der Waals surface area contributed by atoms with E-state index in [1.165, 1.54) is 23.7 Å². The van der Waals surface area contributed by atoms with Crippen molar-refractivity contribution in [2.24, 2.45) is 0 Å². The third kappa shape index (κ3) is 9.03. The standard InChI is InChI=1S/C31H32N4O12S6/c1-3-17(12-20-33(7-9-47-8-4-10-53(44,45)46)18-11-16(15-36)5-6-19(18)49-20)23-27(42)34(13-21(37)38)30(50-23)25-28(43)35(14-22(39)40)29(51-25)24-26(41)32(2)31(48)52-24/h5-6,11-12,36H,3-4,7-10,13-15H2,1-2H3,(H,37,38)(H,39,40)(H,44,45,46)/b20-12?,23-17+,29-24+,30-25+. The SMILES string of the molecule is CC/C(C=C1Sc2ccc(CO)cc2N1CCOCCCS(=O)(=O)O)=c1\s/c(=c2/s/c(=C3/SC(=S)N(C)C3=O)n(CC(=O)O)c2=O)n(CC(=O)O)c1=O. The molecule has 0 unspecified atom stereocenters. The normalized spacial score (nSPS) is 17.6. The van der Waals surface area contributed by atoms with Crippen LogP contribution < -0.4 is 25.2 Å². The molecule has 2 aromatic heterocycles. The first-order chi connectivity index (χ1) is 25.0. The molecule has 4 N–H and O–H groups in total. The molecule has 3 aromatic rings. The van der Waals surface area contributed by atoms with Crippen molar-refractivity contribution in [3.63, 3.8) is 0 Å². The topological polar surface area (TPSA) is 226 Å². The molecule has 1 saturated heterocycles. The lowest BCUT2D eigenvalue weighted by molar-refractivity contribution is -0.138. The number of thiazole rings is 2. The maximum Gasteiger partial charge on any atom is 0.323 e. The van der Waals surface area contributed by atoms with Gasteiger partial charge in [0.15, 0.2) is 0 Å². The smallest absolute Gasteiger partial charge is 0.323 e. The van der Waals surface area contributed by atoms with Crippen molar-refractivity contribution < 1.29 is 47.4 Å². The lowest BCUT2D eigenvalue weighted by Crippen LogP contribution is -2.32. The Morgan fingerprint density at radius 2 is 1.66 bits per heavy atom. The first kappa shape index (κ1) is 40.6. The molecule has 53 heavy (non-hydrogen) atoms. The number of thioether (sulfide) groups is 2. The monoisotopic (exact) mass is 844 g/mol. The number of anilines is 1. The van der Waals surface area contributed by atoms with E-state index >= 15 is 0 Å². The molecule has 1 amide bonds. The van der Waals surface area contributed by atoms with Crippen LogP contribution in [0.4, 0.5) is 5.69 Å². The molecule has 0 radical (unpaired) electrons. The number of carboxylic acid groups (broad SMARTS) is 2. The average molecular weight is 845 g/mol. The highest BCUT2D eigenvalue weighted by molar-refractivity contribution is 8.30. The second kappa shape index (κ2) is 16.8. The summed E-state index contributed by atoms with van der Waals surface area (Å²) in [5.74, 6) is -3.70. The summed E-state index contributed by atoms with van der Waals surface area (Å²) in [5, 5.41) is 29.9. The highest BCUT2D eigenvalue weighted by Gasteiger charge is 2.32. The lowest BCUT2D eigenvalue weighted by atomic mass is 10.2. The molecule has 16 nitrogen and oxygen atoms in total. The van der Waals surface area contributed by atoms with E-state index in [2.05, 4.69) is 0 Å². The van der Waals surface area contributed by atoms with Crippen molar-refractivity contribution >= 4 is 107 Å². The molecule has 0 aliphatic carbocycles. The van der Waals surface area contributed by atoms with Crippen molar-refractivity contribution in [1.82, 2.24) is 14.0 Å². The number of carbonyl (C=O) groups excluding carboxylic acids is 1. The van der Waals surface area contributed by atoms with Gasteiger partial charge in [-0.25, -0.2) is 0 Å². The van der Waals surface area contributed by atoms with Crippen LogP contribution in [0.1, 0.15) is 25.3 Å². The van der Waals surface area contributed by atoms with Crippen molar-refractivity contribution in [2.75, 3.05) is 37.5 Å². The van der Waals surface area contributed by atoms with E-state index in [4.69, 9.17) is 21.5 Å². The van der Waals surface area contributed by atoms with Gasteiger partial charge in [0.1, 0.15) is 36.2 Å². The minimum atomic E-state index is -4.13. The number of fused-ring (bicyclic) bond motifs is 1. The molecule has 0 atom stereocenters. The van der Waals surface area contributed by atoms with Gasteiger partial charge in [-0.2, -0.15) is 8.42 Å². The molecule has 0 bridgehead atoms. The number of nitrogens with zero attached hydrogens (tertiary/aromatic N) is 4. The second-order valence-corrected chi connectivity index (χ2v) is 17.7. The number of thiocarbonyl (C=S) groups is 1. The number of ether oxygens (including phenoxy) is 1. The van der Waals surface area contributed by atoms with Gasteiger partial charge in [0.2, 0.25) is 0 Å². The van der Waals surface area contributed by atoms with Crippen molar-refractivity contribution in [1.29, 1.82) is 0 Å². The Balaban J connectivity index is 1.70. The van der Waals surface area contributed by atoms with Crippen LogP contribution in [0.2, 0.25) is 0 Å². The Kier molecular flexibility index (Phi) is 12.9. The molecule has 22 heteroatoms. The second-order valence-electron chi connectivity index (χ2n) is 11.4. The van der Waals surface area contributed by atoms with Crippen molar-refractivity contribution in [2.45, 2.75) is 44.4 Å². The Morgan fingerprint density at radius 3 is 2.25 bits per heavy atom. The van der Waals surface area contributed by atoms with Crippen molar-refractivity contribution in [3.8, 4) is 0 Å². The summed E-state index contributed by atoms with van der Waals surface area (Å²) >= 11 is 9.16. The van der Waals surface area contributed by atoms with Crippen LogP contribution >= 0.6 is 58.4 Å². The molecule has 2 aliphatic heterocycles.